The minimum atomic E-state index is -1.08. The third-order valence-electron chi connectivity index (χ3n) is 5.04. The maximum absolute atomic E-state index is 14.4. The van der Waals surface area contributed by atoms with Gasteiger partial charge in [-0.1, -0.05) is 60.1 Å². The molecule has 0 fully saturated rings. The van der Waals surface area contributed by atoms with Gasteiger partial charge in [-0.2, -0.15) is 0 Å². The highest BCUT2D eigenvalue weighted by Gasteiger charge is 2.41. The van der Waals surface area contributed by atoms with Crippen LogP contribution in [0.25, 0.3) is 0 Å². The van der Waals surface area contributed by atoms with Crippen molar-refractivity contribution in [2.45, 2.75) is 12.1 Å². The van der Waals surface area contributed by atoms with Crippen LogP contribution in [0, 0.1) is 5.82 Å². The maximum atomic E-state index is 14.4. The van der Waals surface area contributed by atoms with E-state index in [0.717, 1.165) is 6.07 Å². The second-order valence-corrected chi connectivity index (χ2v) is 7.36. The molecule has 3 aromatic rings. The van der Waals surface area contributed by atoms with Gasteiger partial charge in [-0.3, -0.25) is 9.59 Å². The van der Waals surface area contributed by atoms with Crippen molar-refractivity contribution in [2.75, 3.05) is 6.61 Å². The Balaban J connectivity index is 1.88. The molecular formula is C23H18ClFN2O3. The molecule has 1 aliphatic heterocycles. The number of hydrogen-bond donors (Lipinski definition) is 1. The second-order valence-electron chi connectivity index (χ2n) is 6.93. The van der Waals surface area contributed by atoms with Crippen LogP contribution in [0.3, 0.4) is 0 Å². The Morgan fingerprint density at radius 3 is 2.33 bits per heavy atom. The number of halogens is 2. The van der Waals surface area contributed by atoms with Crippen molar-refractivity contribution in [2.24, 2.45) is 5.73 Å². The van der Waals surface area contributed by atoms with E-state index in [1.54, 1.807) is 66.7 Å². The number of amides is 2. The molecular weight excluding hydrogens is 407 g/mol. The monoisotopic (exact) mass is 424 g/mol. The van der Waals surface area contributed by atoms with Crippen LogP contribution in [0.4, 0.5) is 4.39 Å². The van der Waals surface area contributed by atoms with E-state index in [2.05, 4.69) is 0 Å². The number of fused-ring (bicyclic) bond motifs is 1. The zero-order valence-electron chi connectivity index (χ0n) is 15.8. The van der Waals surface area contributed by atoms with E-state index >= 15 is 0 Å². The molecule has 7 heteroatoms. The molecule has 1 unspecified atom stereocenters. The number of nitrogens with zero attached hydrogens (tertiary/aromatic N) is 1. The molecule has 2 N–H and O–H groups in total. The molecule has 5 nitrogen and oxygen atoms in total. The standard InChI is InChI=1S/C23H18ClFN2O3/c24-16-11-17-19(13-30-21(17)18(25)12-16)27(23(29)15-9-5-2-6-10-15)20(22(26)28)14-7-3-1-4-8-14/h1-12,19-20H,13H2,(H2,26,28)/t19-,20?/m1/s1. The van der Waals surface area contributed by atoms with Gasteiger partial charge in [0.2, 0.25) is 5.91 Å². The molecule has 0 radical (unpaired) electrons. The zero-order chi connectivity index (χ0) is 21.3. The van der Waals surface area contributed by atoms with Crippen LogP contribution in [0.1, 0.15) is 33.6 Å². The first-order valence-electron chi connectivity index (χ1n) is 9.31. The van der Waals surface area contributed by atoms with Crippen LogP contribution in [0.5, 0.6) is 5.75 Å². The number of carbonyl (C=O) groups excluding carboxylic acids is 2. The minimum Gasteiger partial charge on any atom is -0.488 e. The average Bonchev–Trinajstić information content (AvgIpc) is 3.16. The molecule has 0 saturated carbocycles. The molecule has 2 atom stereocenters. The summed E-state index contributed by atoms with van der Waals surface area (Å²) < 4.78 is 19.9. The van der Waals surface area contributed by atoms with Gasteiger partial charge in [0.15, 0.2) is 11.6 Å². The lowest BCUT2D eigenvalue weighted by atomic mass is 9.98. The fraction of sp³-hybridized carbons (Fsp3) is 0.130. The summed E-state index contributed by atoms with van der Waals surface area (Å²) >= 11 is 6.06. The predicted octanol–water partition coefficient (Wildman–Crippen LogP) is 4.28. The highest BCUT2D eigenvalue weighted by Crippen LogP contribution is 2.43. The number of nitrogens with two attached hydrogens (primary N) is 1. The van der Waals surface area contributed by atoms with E-state index < -0.39 is 29.7 Å². The van der Waals surface area contributed by atoms with Crippen LogP contribution in [-0.2, 0) is 4.79 Å². The quantitative estimate of drug-likeness (QED) is 0.664. The van der Waals surface area contributed by atoms with E-state index in [0.29, 0.717) is 16.7 Å². The summed E-state index contributed by atoms with van der Waals surface area (Å²) in [6, 6.07) is 18.1. The van der Waals surface area contributed by atoms with Gasteiger partial charge in [0, 0.05) is 16.1 Å². The summed E-state index contributed by atoms with van der Waals surface area (Å²) in [5.74, 6) is -1.74. The molecule has 0 spiro atoms. The van der Waals surface area contributed by atoms with Crippen LogP contribution in [0.15, 0.2) is 72.8 Å². The lowest BCUT2D eigenvalue weighted by Gasteiger charge is -2.34. The maximum Gasteiger partial charge on any atom is 0.255 e. The Morgan fingerprint density at radius 2 is 1.70 bits per heavy atom. The topological polar surface area (TPSA) is 72.6 Å². The van der Waals surface area contributed by atoms with Crippen LogP contribution in [-0.4, -0.2) is 23.3 Å². The summed E-state index contributed by atoms with van der Waals surface area (Å²) in [4.78, 5) is 27.5. The Bertz CT molecular complexity index is 1090. The van der Waals surface area contributed by atoms with Crippen molar-refractivity contribution in [1.82, 2.24) is 4.90 Å². The molecule has 3 aromatic carbocycles. The van der Waals surface area contributed by atoms with E-state index in [4.69, 9.17) is 22.1 Å². The molecule has 0 saturated heterocycles. The number of carbonyl (C=O) groups is 2. The Morgan fingerprint density at radius 1 is 1.07 bits per heavy atom. The fourth-order valence-corrected chi connectivity index (χ4v) is 3.94. The van der Waals surface area contributed by atoms with Crippen LogP contribution >= 0.6 is 11.6 Å². The third kappa shape index (κ3) is 3.62. The number of rotatable bonds is 5. The van der Waals surface area contributed by atoms with Gasteiger partial charge >= 0.3 is 0 Å². The Kier molecular flexibility index (Phi) is 5.42. The molecule has 1 heterocycles. The first-order chi connectivity index (χ1) is 14.5. The summed E-state index contributed by atoms with van der Waals surface area (Å²) in [6.45, 7) is -0.0260. The fourth-order valence-electron chi connectivity index (χ4n) is 3.73. The van der Waals surface area contributed by atoms with Crippen molar-refractivity contribution in [3.8, 4) is 5.75 Å². The number of primary amides is 1. The van der Waals surface area contributed by atoms with Gasteiger partial charge in [-0.15, -0.1) is 0 Å². The smallest absolute Gasteiger partial charge is 0.255 e. The van der Waals surface area contributed by atoms with Crippen LogP contribution in [0.2, 0.25) is 5.02 Å². The lowest BCUT2D eigenvalue weighted by molar-refractivity contribution is -0.123. The molecule has 0 aliphatic carbocycles. The Hall–Kier alpha value is -3.38. The SMILES string of the molecule is NC(=O)C(c1ccccc1)N(C(=O)c1ccccc1)[C@@H]1COc2c(F)cc(Cl)cc21. The zero-order valence-corrected chi connectivity index (χ0v) is 16.6. The number of hydrogen-bond acceptors (Lipinski definition) is 3. The second kappa shape index (κ2) is 8.16. The van der Waals surface area contributed by atoms with Gasteiger partial charge in [-0.25, -0.2) is 4.39 Å². The predicted molar refractivity (Wildman–Crippen MR) is 111 cm³/mol. The van der Waals surface area contributed by atoms with Crippen LogP contribution < -0.4 is 10.5 Å². The van der Waals surface area contributed by atoms with Gasteiger partial charge in [-0.05, 0) is 29.8 Å². The summed E-state index contributed by atoms with van der Waals surface area (Å²) in [6.07, 6.45) is 0. The summed E-state index contributed by atoms with van der Waals surface area (Å²) in [5.41, 5.74) is 7.07. The Labute approximate surface area is 177 Å². The van der Waals surface area contributed by atoms with Crippen molar-refractivity contribution < 1.29 is 18.7 Å². The summed E-state index contributed by atoms with van der Waals surface area (Å²) in [7, 11) is 0. The van der Waals surface area contributed by atoms with Crippen molar-refractivity contribution in [3.63, 3.8) is 0 Å². The number of ether oxygens (including phenoxy) is 1. The lowest BCUT2D eigenvalue weighted by Crippen LogP contribution is -2.44. The molecule has 30 heavy (non-hydrogen) atoms. The van der Waals surface area contributed by atoms with E-state index in [9.17, 15) is 14.0 Å². The van der Waals surface area contributed by atoms with Crippen molar-refractivity contribution in [3.05, 3.63) is 100 Å². The van der Waals surface area contributed by atoms with E-state index in [-0.39, 0.29) is 17.4 Å². The van der Waals surface area contributed by atoms with Gasteiger partial charge < -0.3 is 15.4 Å². The number of benzene rings is 3. The molecule has 1 aliphatic rings. The van der Waals surface area contributed by atoms with E-state index in [1.165, 1.54) is 4.90 Å². The van der Waals surface area contributed by atoms with Gasteiger partial charge in [0.05, 0.1) is 6.04 Å². The molecule has 0 bridgehead atoms. The largest absolute Gasteiger partial charge is 0.488 e. The van der Waals surface area contributed by atoms with E-state index in [1.807, 2.05) is 0 Å². The van der Waals surface area contributed by atoms with Crippen molar-refractivity contribution in [1.29, 1.82) is 0 Å². The highest BCUT2D eigenvalue weighted by atomic mass is 35.5. The molecule has 152 valence electrons. The molecule has 0 aromatic heterocycles. The van der Waals surface area contributed by atoms with Crippen molar-refractivity contribution >= 4 is 23.4 Å². The highest BCUT2D eigenvalue weighted by molar-refractivity contribution is 6.30. The third-order valence-corrected chi connectivity index (χ3v) is 5.25. The average molecular weight is 425 g/mol. The molecule has 2 amide bonds. The minimum absolute atomic E-state index is 0.0199. The first-order valence-corrected chi connectivity index (χ1v) is 9.69. The first kappa shape index (κ1) is 19.9. The normalized spacial score (nSPS) is 15.7. The van der Waals surface area contributed by atoms with Gasteiger partial charge in [0.1, 0.15) is 12.6 Å². The molecule has 4 rings (SSSR count). The summed E-state index contributed by atoms with van der Waals surface area (Å²) in [5, 5.41) is 0.171. The van der Waals surface area contributed by atoms with Gasteiger partial charge in [0.25, 0.3) is 5.91 Å².